The highest BCUT2D eigenvalue weighted by molar-refractivity contribution is 6.54. The number of nitro groups is 1. The van der Waals surface area contributed by atoms with Gasteiger partial charge in [0.1, 0.15) is 5.02 Å². The highest BCUT2D eigenvalue weighted by Gasteiger charge is 2.15. The first kappa shape index (κ1) is 13.0. The summed E-state index contributed by atoms with van der Waals surface area (Å²) in [6, 6.07) is 3.75. The van der Waals surface area contributed by atoms with Crippen LogP contribution in [0, 0.1) is 10.1 Å². The molecule has 0 spiro atoms. The molecule has 1 N–H and O–H groups in total. The minimum Gasteiger partial charge on any atom is -0.324 e. The van der Waals surface area contributed by atoms with E-state index in [4.69, 9.17) is 34.8 Å². The quantitative estimate of drug-likeness (QED) is 0.526. The highest BCUT2D eigenvalue weighted by Crippen LogP contribution is 2.27. The third-order valence-electron chi connectivity index (χ3n) is 1.61. The van der Waals surface area contributed by atoms with Gasteiger partial charge >= 0.3 is 0 Å². The van der Waals surface area contributed by atoms with E-state index in [1.807, 2.05) is 0 Å². The van der Waals surface area contributed by atoms with Crippen LogP contribution < -0.4 is 5.32 Å². The molecule has 1 aromatic rings. The van der Waals surface area contributed by atoms with Gasteiger partial charge in [-0.15, -0.1) is 0 Å². The molecule has 0 fully saturated rings. The molecule has 0 aliphatic rings. The number of anilines is 1. The van der Waals surface area contributed by atoms with E-state index < -0.39 is 15.7 Å². The van der Waals surface area contributed by atoms with Crippen molar-refractivity contribution in [1.82, 2.24) is 0 Å². The Hall–Kier alpha value is -1.04. The smallest absolute Gasteiger partial charge is 0.288 e. The lowest BCUT2D eigenvalue weighted by Crippen LogP contribution is -2.18. The lowest BCUT2D eigenvalue weighted by molar-refractivity contribution is -0.384. The van der Waals surface area contributed by atoms with Crippen LogP contribution in [-0.2, 0) is 4.79 Å². The van der Waals surface area contributed by atoms with Crippen molar-refractivity contribution in [2.45, 2.75) is 4.84 Å². The van der Waals surface area contributed by atoms with E-state index in [2.05, 4.69) is 5.32 Å². The first-order valence-corrected chi connectivity index (χ1v) is 5.20. The van der Waals surface area contributed by atoms with E-state index in [-0.39, 0.29) is 16.4 Å². The average Bonchev–Trinajstić information content (AvgIpc) is 2.16. The zero-order valence-corrected chi connectivity index (χ0v) is 9.88. The third-order valence-corrected chi connectivity index (χ3v) is 2.31. The topological polar surface area (TPSA) is 72.2 Å². The lowest BCUT2D eigenvalue weighted by atomic mass is 10.3. The molecule has 0 saturated carbocycles. The maximum Gasteiger partial charge on any atom is 0.288 e. The predicted octanol–water partition coefficient (Wildman–Crippen LogP) is 2.99. The van der Waals surface area contributed by atoms with E-state index in [0.29, 0.717) is 0 Å². The van der Waals surface area contributed by atoms with Gasteiger partial charge in [-0.1, -0.05) is 34.8 Å². The van der Waals surface area contributed by atoms with Crippen molar-refractivity contribution in [3.8, 4) is 0 Å². The predicted molar refractivity (Wildman–Crippen MR) is 62.2 cm³/mol. The van der Waals surface area contributed by atoms with Gasteiger partial charge in [-0.3, -0.25) is 14.9 Å². The number of carbonyl (C=O) groups excluding carboxylic acids is 1. The molecular weight excluding hydrogens is 278 g/mol. The second-order valence-corrected chi connectivity index (χ2v) is 4.22. The molecule has 1 amide bonds. The van der Waals surface area contributed by atoms with Gasteiger partial charge in [0.25, 0.3) is 11.6 Å². The van der Waals surface area contributed by atoms with Crippen molar-refractivity contribution in [2.24, 2.45) is 0 Å². The SMILES string of the molecule is O=C(Nc1ccc([N+](=O)[O-])c(Cl)c1)C(Cl)Cl. The van der Waals surface area contributed by atoms with Crippen LogP contribution >= 0.6 is 34.8 Å². The summed E-state index contributed by atoms with van der Waals surface area (Å²) in [7, 11) is 0. The van der Waals surface area contributed by atoms with Crippen molar-refractivity contribution >= 4 is 52.1 Å². The van der Waals surface area contributed by atoms with Gasteiger partial charge in [0.05, 0.1) is 4.92 Å². The van der Waals surface area contributed by atoms with Gasteiger partial charge in [0.2, 0.25) is 0 Å². The van der Waals surface area contributed by atoms with Crippen molar-refractivity contribution in [3.05, 3.63) is 33.3 Å². The summed E-state index contributed by atoms with van der Waals surface area (Å²) in [5.41, 5.74) is 0.0415. The molecule has 5 nitrogen and oxygen atoms in total. The fourth-order valence-electron chi connectivity index (χ4n) is 0.930. The molecule has 0 bridgehead atoms. The Bertz CT molecular complexity index is 437. The Balaban J connectivity index is 2.90. The molecule has 0 aromatic heterocycles. The zero-order valence-electron chi connectivity index (χ0n) is 7.62. The van der Waals surface area contributed by atoms with Crippen molar-refractivity contribution in [2.75, 3.05) is 5.32 Å². The number of nitrogens with one attached hydrogen (secondary N) is 1. The van der Waals surface area contributed by atoms with Gasteiger partial charge in [-0.25, -0.2) is 0 Å². The fourth-order valence-corrected chi connectivity index (χ4v) is 1.29. The molecule has 8 heteroatoms. The Kier molecular flexibility index (Phi) is 4.35. The first-order chi connectivity index (χ1) is 7.41. The van der Waals surface area contributed by atoms with Crippen LogP contribution in [0.2, 0.25) is 5.02 Å². The lowest BCUT2D eigenvalue weighted by Gasteiger charge is -2.05. The molecule has 0 atom stereocenters. The number of nitrogens with zero attached hydrogens (tertiary/aromatic N) is 1. The number of halogens is 3. The molecule has 1 aromatic carbocycles. The third kappa shape index (κ3) is 3.23. The van der Waals surface area contributed by atoms with Gasteiger partial charge in [0.15, 0.2) is 4.84 Å². The fraction of sp³-hybridized carbons (Fsp3) is 0.125. The number of alkyl halides is 2. The minimum absolute atomic E-state index is 0.0801. The Morgan fingerprint density at radius 1 is 1.44 bits per heavy atom. The summed E-state index contributed by atoms with van der Waals surface area (Å²) in [5, 5.41) is 12.7. The van der Waals surface area contributed by atoms with E-state index >= 15 is 0 Å². The normalized spacial score (nSPS) is 10.2. The molecule has 86 valence electrons. The largest absolute Gasteiger partial charge is 0.324 e. The average molecular weight is 283 g/mol. The van der Waals surface area contributed by atoms with E-state index in [9.17, 15) is 14.9 Å². The number of carbonyl (C=O) groups is 1. The van der Waals surface area contributed by atoms with Crippen LogP contribution in [0.15, 0.2) is 18.2 Å². The summed E-state index contributed by atoms with van der Waals surface area (Å²) in [6.07, 6.45) is 0. The van der Waals surface area contributed by atoms with E-state index in [1.54, 1.807) is 0 Å². The maximum absolute atomic E-state index is 11.1. The monoisotopic (exact) mass is 282 g/mol. The Labute approximate surface area is 105 Å². The summed E-state index contributed by atoms with van der Waals surface area (Å²) in [5.74, 6) is -0.631. The standard InChI is InChI=1S/C8H5Cl3N2O3/c9-5-3-4(12-8(14)7(10)11)1-2-6(5)13(15)16/h1-3,7H,(H,12,14). The van der Waals surface area contributed by atoms with Crippen LogP contribution in [0.1, 0.15) is 0 Å². The molecule has 0 aliphatic heterocycles. The maximum atomic E-state index is 11.1. The van der Waals surface area contributed by atoms with Crippen LogP contribution in [0.4, 0.5) is 11.4 Å². The van der Waals surface area contributed by atoms with Crippen LogP contribution in [0.3, 0.4) is 0 Å². The Morgan fingerprint density at radius 2 is 2.06 bits per heavy atom. The molecule has 16 heavy (non-hydrogen) atoms. The molecule has 0 unspecified atom stereocenters. The summed E-state index contributed by atoms with van der Waals surface area (Å²) < 4.78 is 0. The minimum atomic E-state index is -1.21. The molecule has 1 rings (SSSR count). The molecule has 0 heterocycles. The molecule has 0 radical (unpaired) electrons. The van der Waals surface area contributed by atoms with Gasteiger partial charge in [-0.05, 0) is 12.1 Å². The van der Waals surface area contributed by atoms with Crippen molar-refractivity contribution in [3.63, 3.8) is 0 Å². The highest BCUT2D eigenvalue weighted by atomic mass is 35.5. The van der Waals surface area contributed by atoms with Crippen LogP contribution in [0.5, 0.6) is 0 Å². The van der Waals surface area contributed by atoms with Crippen molar-refractivity contribution in [1.29, 1.82) is 0 Å². The molecular formula is C8H5Cl3N2O3. The number of benzene rings is 1. The second kappa shape index (κ2) is 5.34. The van der Waals surface area contributed by atoms with Crippen LogP contribution in [0.25, 0.3) is 0 Å². The van der Waals surface area contributed by atoms with E-state index in [1.165, 1.54) is 18.2 Å². The Morgan fingerprint density at radius 3 is 2.50 bits per heavy atom. The summed E-state index contributed by atoms with van der Waals surface area (Å²) in [6.45, 7) is 0. The zero-order chi connectivity index (χ0) is 12.3. The van der Waals surface area contributed by atoms with Gasteiger partial charge in [-0.2, -0.15) is 0 Å². The number of nitro benzene ring substituents is 1. The number of hydrogen-bond acceptors (Lipinski definition) is 3. The summed E-state index contributed by atoms with van der Waals surface area (Å²) in [4.78, 5) is 19.7. The van der Waals surface area contributed by atoms with E-state index in [0.717, 1.165) is 0 Å². The second-order valence-electron chi connectivity index (χ2n) is 2.71. The van der Waals surface area contributed by atoms with Gasteiger partial charge < -0.3 is 5.32 Å². The first-order valence-electron chi connectivity index (χ1n) is 3.95. The number of hydrogen-bond donors (Lipinski definition) is 1. The van der Waals surface area contributed by atoms with Gasteiger partial charge in [0, 0.05) is 11.8 Å². The number of amides is 1. The molecule has 0 aliphatic carbocycles. The summed E-state index contributed by atoms with van der Waals surface area (Å²) >= 11 is 16.3. The number of rotatable bonds is 3. The van der Waals surface area contributed by atoms with Crippen molar-refractivity contribution < 1.29 is 9.72 Å². The van der Waals surface area contributed by atoms with Crippen LogP contribution in [-0.4, -0.2) is 15.7 Å². The molecule has 0 saturated heterocycles.